The molecule has 0 radical (unpaired) electrons. The fourth-order valence-corrected chi connectivity index (χ4v) is 7.69. The van der Waals surface area contributed by atoms with Gasteiger partial charge in [-0.2, -0.15) is 0 Å². The minimum absolute atomic E-state index is 0.0733. The molecule has 326 valence electrons. The molecule has 2 aliphatic rings. The molecule has 0 spiro atoms. The summed E-state index contributed by atoms with van der Waals surface area (Å²) in [6.07, 6.45) is 0.199. The van der Waals surface area contributed by atoms with E-state index in [9.17, 15) is 28.7 Å². The van der Waals surface area contributed by atoms with E-state index in [-0.39, 0.29) is 50.4 Å². The molecular weight excluding hydrogens is 787 g/mol. The van der Waals surface area contributed by atoms with E-state index >= 15 is 9.59 Å². The highest BCUT2D eigenvalue weighted by atomic mass is 31.2. The molecule has 59 heavy (non-hydrogen) atoms. The van der Waals surface area contributed by atoms with Crippen LogP contribution in [0, 0.1) is 0 Å². The van der Waals surface area contributed by atoms with E-state index in [0.29, 0.717) is 37.3 Å². The summed E-state index contributed by atoms with van der Waals surface area (Å²) < 4.78 is 34.4. The third-order valence-electron chi connectivity index (χ3n) is 9.72. The highest BCUT2D eigenvalue weighted by molar-refractivity contribution is 7.51. The van der Waals surface area contributed by atoms with Crippen LogP contribution in [0.25, 0.3) is 11.4 Å². The minimum atomic E-state index is -5.16. The number of aromatic nitrogens is 2. The third kappa shape index (κ3) is 13.8. The first-order valence-electron chi connectivity index (χ1n) is 19.9. The van der Waals surface area contributed by atoms with Crippen molar-refractivity contribution in [2.24, 2.45) is 0 Å². The average molecular weight is 848 g/mol. The van der Waals surface area contributed by atoms with Gasteiger partial charge in [0.25, 0.3) is 5.91 Å². The molecule has 2 aliphatic heterocycles. The summed E-state index contributed by atoms with van der Waals surface area (Å²) in [6.45, 7) is 10.8. The Morgan fingerprint density at radius 3 is 2.14 bits per heavy atom. The van der Waals surface area contributed by atoms with Gasteiger partial charge in [-0.05, 0) is 54.4 Å². The van der Waals surface area contributed by atoms with Crippen LogP contribution in [0.2, 0.25) is 0 Å². The molecule has 3 heterocycles. The summed E-state index contributed by atoms with van der Waals surface area (Å²) in [5.41, 5.74) is -1.71. The van der Waals surface area contributed by atoms with Gasteiger partial charge in [-0.25, -0.2) is 28.8 Å². The molecule has 18 nitrogen and oxygen atoms in total. The predicted octanol–water partition coefficient (Wildman–Crippen LogP) is 3.64. The average Bonchev–Trinajstić information content (AvgIpc) is 3.64. The van der Waals surface area contributed by atoms with Crippen LogP contribution in [0.1, 0.15) is 78.2 Å². The number of piperazine rings is 1. The van der Waals surface area contributed by atoms with E-state index in [1.807, 2.05) is 11.8 Å². The quantitative estimate of drug-likeness (QED) is 0.0861. The van der Waals surface area contributed by atoms with Gasteiger partial charge in [-0.15, -0.1) is 0 Å². The summed E-state index contributed by atoms with van der Waals surface area (Å²) in [4.78, 5) is 105. The Balaban J connectivity index is 1.87. The molecule has 1 aromatic heterocycles. The van der Waals surface area contributed by atoms with Gasteiger partial charge in [0.05, 0.1) is 32.0 Å². The van der Waals surface area contributed by atoms with Gasteiger partial charge in [0.2, 0.25) is 0 Å². The van der Waals surface area contributed by atoms with Crippen molar-refractivity contribution in [1.82, 2.24) is 19.8 Å². The largest absolute Gasteiger partial charge is 0.459 e. The number of carbonyl (C=O) groups excluding carboxylic acids is 5. The van der Waals surface area contributed by atoms with Crippen molar-refractivity contribution in [3.8, 4) is 11.4 Å². The number of ether oxygens (including phenoxy) is 4. The fraction of sp³-hybridized carbons (Fsp3) is 0.625. The number of rotatable bonds is 15. The first kappa shape index (κ1) is 47.2. The van der Waals surface area contributed by atoms with Crippen LogP contribution in [-0.4, -0.2) is 159 Å². The molecule has 19 heteroatoms. The topological polar surface area (TPSA) is 215 Å². The smallest absolute Gasteiger partial charge is 0.410 e. The van der Waals surface area contributed by atoms with Crippen molar-refractivity contribution in [3.05, 3.63) is 42.1 Å². The Kier molecular flexibility index (Phi) is 15.8. The Morgan fingerprint density at radius 2 is 1.58 bits per heavy atom. The summed E-state index contributed by atoms with van der Waals surface area (Å²) in [5.74, 6) is -3.22. The van der Waals surface area contributed by atoms with Gasteiger partial charge in [0, 0.05) is 31.8 Å². The number of benzene rings is 1. The summed E-state index contributed by atoms with van der Waals surface area (Å²) in [7, 11) is -3.56. The molecular formula is C40H60N6O12P+. The van der Waals surface area contributed by atoms with E-state index in [1.54, 1.807) is 79.0 Å². The SMILES string of the molecule is CCCCOC(=O)N1CC[N+](CC(=O)OC(C)(C)C)(C(=O)[C@H](CP(=O)(O)O)N(CC(=O)OC(C)(C)C)C(=O)c2cc(N3CC[C@H](OC)C3)nc(-c3ccccc3)n2)CC1. The zero-order valence-electron chi connectivity index (χ0n) is 35.4. The van der Waals surface area contributed by atoms with Crippen LogP contribution in [0.3, 0.4) is 0 Å². The number of carbonyl (C=O) groups is 5. The number of esters is 2. The van der Waals surface area contributed by atoms with Crippen LogP contribution in [0.4, 0.5) is 10.6 Å². The molecule has 2 aromatic rings. The number of nitrogens with zero attached hydrogens (tertiary/aromatic N) is 6. The first-order valence-corrected chi connectivity index (χ1v) is 21.7. The molecule has 0 bridgehead atoms. The zero-order valence-corrected chi connectivity index (χ0v) is 36.3. The molecule has 0 aliphatic carbocycles. The molecule has 0 saturated carbocycles. The van der Waals surface area contributed by atoms with Gasteiger partial charge in [-0.3, -0.25) is 19.1 Å². The number of hydrogen-bond donors (Lipinski definition) is 2. The maximum Gasteiger partial charge on any atom is 0.410 e. The lowest BCUT2D eigenvalue weighted by atomic mass is 10.1. The number of quaternary nitrogens is 1. The summed E-state index contributed by atoms with van der Waals surface area (Å²) in [5, 5.41) is 0. The number of methoxy groups -OCH3 is 1. The number of anilines is 1. The molecule has 2 atom stereocenters. The van der Waals surface area contributed by atoms with Crippen LogP contribution in [-0.2, 0) is 37.9 Å². The number of hydrogen-bond acceptors (Lipinski definition) is 13. The Bertz CT molecular complexity index is 1850. The second kappa shape index (κ2) is 19.7. The molecule has 4 rings (SSSR count). The second-order valence-corrected chi connectivity index (χ2v) is 18.6. The number of amides is 3. The van der Waals surface area contributed by atoms with E-state index in [4.69, 9.17) is 23.9 Å². The van der Waals surface area contributed by atoms with E-state index in [0.717, 1.165) is 11.3 Å². The van der Waals surface area contributed by atoms with E-state index in [1.165, 1.54) is 11.0 Å². The van der Waals surface area contributed by atoms with Crippen LogP contribution in [0.5, 0.6) is 0 Å². The molecule has 2 N–H and O–H groups in total. The van der Waals surface area contributed by atoms with Crippen molar-refractivity contribution in [2.75, 3.05) is 77.1 Å². The van der Waals surface area contributed by atoms with Crippen molar-refractivity contribution in [3.63, 3.8) is 0 Å². The van der Waals surface area contributed by atoms with E-state index in [2.05, 4.69) is 4.98 Å². The van der Waals surface area contributed by atoms with Gasteiger partial charge < -0.3 is 38.5 Å². The van der Waals surface area contributed by atoms with Crippen molar-refractivity contribution in [2.45, 2.75) is 91.1 Å². The summed E-state index contributed by atoms with van der Waals surface area (Å²) >= 11 is 0. The van der Waals surface area contributed by atoms with Crippen LogP contribution >= 0.6 is 7.60 Å². The van der Waals surface area contributed by atoms with Crippen molar-refractivity contribution >= 4 is 43.3 Å². The van der Waals surface area contributed by atoms with Crippen molar-refractivity contribution in [1.29, 1.82) is 0 Å². The Morgan fingerprint density at radius 1 is 0.949 bits per heavy atom. The lowest BCUT2D eigenvalue weighted by Crippen LogP contribution is -2.69. The summed E-state index contributed by atoms with van der Waals surface area (Å²) in [6, 6.07) is 8.24. The van der Waals surface area contributed by atoms with Gasteiger partial charge in [0.1, 0.15) is 42.3 Å². The standard InChI is InChI=1S/C40H59N6O12P/c1-9-10-22-56-38(51)43-18-20-46(21-19-43,26-34(48)58-40(5,6)7)37(50)31(27-59(52,53)54)45(25-33(47)57-39(2,3)4)36(49)30-23-32(44-17-16-29(24-44)55-8)42-35(41-30)28-14-12-11-13-15-28/h11-15,23,29,31H,9-10,16-22,24-27H2,1-8H3,(H-,52,53,54)/p+1/t29-,31-/m0/s1. The zero-order chi connectivity index (χ0) is 43.8. The van der Waals surface area contributed by atoms with Gasteiger partial charge in [-0.1, -0.05) is 43.7 Å². The highest BCUT2D eigenvalue weighted by Crippen LogP contribution is 2.38. The Labute approximate surface area is 345 Å². The molecule has 2 fully saturated rings. The lowest BCUT2D eigenvalue weighted by Gasteiger charge is -2.44. The fourth-order valence-electron chi connectivity index (χ4n) is 6.89. The van der Waals surface area contributed by atoms with E-state index < -0.39 is 78.4 Å². The lowest BCUT2D eigenvalue weighted by molar-refractivity contribution is -0.852. The normalized spacial score (nSPS) is 17.6. The third-order valence-corrected chi connectivity index (χ3v) is 10.5. The maximum atomic E-state index is 15.2. The molecule has 1 aromatic carbocycles. The van der Waals surface area contributed by atoms with Crippen LogP contribution in [0.15, 0.2) is 36.4 Å². The molecule has 0 unspecified atom stereocenters. The first-order chi connectivity index (χ1) is 27.5. The number of unbranched alkanes of at least 4 members (excludes halogenated alkanes) is 1. The Hall–Kier alpha value is -4.48. The molecule has 3 amide bonds. The minimum Gasteiger partial charge on any atom is -0.459 e. The maximum absolute atomic E-state index is 15.2. The second-order valence-electron chi connectivity index (χ2n) is 16.9. The van der Waals surface area contributed by atoms with Gasteiger partial charge in [0.15, 0.2) is 18.4 Å². The van der Waals surface area contributed by atoms with Crippen molar-refractivity contribution < 1.29 is 61.8 Å². The highest BCUT2D eigenvalue weighted by Gasteiger charge is 2.52. The molecule has 2 saturated heterocycles. The predicted molar refractivity (Wildman–Crippen MR) is 216 cm³/mol. The monoisotopic (exact) mass is 847 g/mol. The van der Waals surface area contributed by atoms with Crippen LogP contribution < -0.4 is 4.90 Å². The van der Waals surface area contributed by atoms with Gasteiger partial charge >= 0.3 is 31.5 Å².